The van der Waals surface area contributed by atoms with Crippen LogP contribution in [0.25, 0.3) is 0 Å². The van der Waals surface area contributed by atoms with Gasteiger partial charge in [-0.3, -0.25) is 4.79 Å². The molecule has 0 saturated heterocycles. The molecular weight excluding hydrogens is 517 g/mol. The lowest BCUT2D eigenvalue weighted by atomic mass is 9.92. The van der Waals surface area contributed by atoms with Crippen LogP contribution in [-0.2, 0) is 16.1 Å². The summed E-state index contributed by atoms with van der Waals surface area (Å²) in [6, 6.07) is 24.7. The normalized spacial score (nSPS) is 11.5. The van der Waals surface area contributed by atoms with Crippen molar-refractivity contribution in [3.05, 3.63) is 108 Å². The highest BCUT2D eigenvalue weighted by molar-refractivity contribution is 5.73. The van der Waals surface area contributed by atoms with E-state index in [1.165, 1.54) is 0 Å². The average Bonchev–Trinajstić information content (AvgIpc) is 2.92. The predicted octanol–water partition coefficient (Wildman–Crippen LogP) is 5.52. The van der Waals surface area contributed by atoms with E-state index in [2.05, 4.69) is 20.3 Å². The molecular formula is C27H23F3N4O5. The molecule has 1 unspecified atom stereocenters. The third-order valence-corrected chi connectivity index (χ3v) is 5.11. The number of nitrogens with zero attached hydrogens (tertiary/aromatic N) is 3. The first kappa shape index (κ1) is 28.6. The Kier molecular flexibility index (Phi) is 9.90. The van der Waals surface area contributed by atoms with Crippen LogP contribution in [0.5, 0.6) is 11.8 Å². The number of alkyl halides is 3. The molecule has 3 N–H and O–H groups in total. The monoisotopic (exact) mass is 540 g/mol. The molecule has 0 amide bonds. The molecule has 12 heteroatoms. The van der Waals surface area contributed by atoms with Gasteiger partial charge in [0.1, 0.15) is 11.6 Å². The van der Waals surface area contributed by atoms with Gasteiger partial charge >= 0.3 is 24.1 Å². The number of benzene rings is 2. The summed E-state index contributed by atoms with van der Waals surface area (Å²) < 4.78 is 37.6. The number of hydrogen-bond donors (Lipinski definition) is 3. The Labute approximate surface area is 221 Å². The molecule has 0 spiro atoms. The Morgan fingerprint density at radius 1 is 0.872 bits per heavy atom. The first-order chi connectivity index (χ1) is 18.6. The van der Waals surface area contributed by atoms with Crippen molar-refractivity contribution in [1.82, 2.24) is 15.0 Å². The average molecular weight is 540 g/mol. The molecule has 0 saturated carbocycles. The fourth-order valence-corrected chi connectivity index (χ4v) is 3.29. The van der Waals surface area contributed by atoms with Crippen LogP contribution in [0.4, 0.5) is 19.0 Å². The van der Waals surface area contributed by atoms with E-state index >= 15 is 0 Å². The third-order valence-electron chi connectivity index (χ3n) is 5.11. The number of carbonyl (C=O) groups is 2. The van der Waals surface area contributed by atoms with Crippen LogP contribution >= 0.6 is 0 Å². The molecule has 39 heavy (non-hydrogen) atoms. The van der Waals surface area contributed by atoms with Gasteiger partial charge in [0, 0.05) is 24.9 Å². The standard InChI is InChI=1S/C25H22N4O3.C2HF3O2/c30-24(31)16-21(19-6-2-1-3-7-19)22-13-15-27-25(29-22)32-20-11-9-18(10-12-20)17-28-23-8-4-5-14-26-23;3-2(4,5)1(6)7/h1-15,21H,16-17H2,(H,26,28)(H,30,31);(H,6,7). The zero-order chi connectivity index (χ0) is 28.3. The Hall–Kier alpha value is -5.00. The molecule has 9 nitrogen and oxygen atoms in total. The summed E-state index contributed by atoms with van der Waals surface area (Å²) in [6.45, 7) is 0.636. The highest BCUT2D eigenvalue weighted by atomic mass is 19.4. The van der Waals surface area contributed by atoms with Gasteiger partial charge in [-0.05, 0) is 41.5 Å². The number of anilines is 1. The summed E-state index contributed by atoms with van der Waals surface area (Å²) in [5, 5.41) is 19.8. The molecule has 0 aliphatic rings. The second-order valence-electron chi connectivity index (χ2n) is 7.94. The van der Waals surface area contributed by atoms with Gasteiger partial charge in [-0.25, -0.2) is 14.8 Å². The SMILES string of the molecule is O=C(O)C(F)(F)F.O=C(O)CC(c1ccccc1)c1ccnc(Oc2ccc(CNc3ccccn3)cc2)n1. The molecule has 4 aromatic rings. The number of nitrogens with one attached hydrogen (secondary N) is 1. The lowest BCUT2D eigenvalue weighted by Gasteiger charge is -2.15. The first-order valence-corrected chi connectivity index (χ1v) is 11.4. The van der Waals surface area contributed by atoms with Crippen LogP contribution < -0.4 is 10.1 Å². The highest BCUT2D eigenvalue weighted by Crippen LogP contribution is 2.28. The molecule has 0 fully saturated rings. The maximum Gasteiger partial charge on any atom is 0.490 e. The van der Waals surface area contributed by atoms with E-state index in [-0.39, 0.29) is 18.3 Å². The maximum absolute atomic E-state index is 11.4. The first-order valence-electron chi connectivity index (χ1n) is 11.4. The van der Waals surface area contributed by atoms with Crippen molar-refractivity contribution in [2.75, 3.05) is 5.32 Å². The molecule has 2 aromatic heterocycles. The van der Waals surface area contributed by atoms with Gasteiger partial charge in [0.25, 0.3) is 0 Å². The minimum absolute atomic E-state index is 0.0710. The molecule has 0 bridgehead atoms. The summed E-state index contributed by atoms with van der Waals surface area (Å²) in [6.07, 6.45) is -1.83. The van der Waals surface area contributed by atoms with E-state index in [9.17, 15) is 23.1 Å². The summed E-state index contributed by atoms with van der Waals surface area (Å²) >= 11 is 0. The van der Waals surface area contributed by atoms with Crippen LogP contribution in [0.15, 0.2) is 91.3 Å². The number of aromatic nitrogens is 3. The van der Waals surface area contributed by atoms with Crippen molar-refractivity contribution in [3.8, 4) is 11.8 Å². The molecule has 0 radical (unpaired) electrons. The van der Waals surface area contributed by atoms with E-state index in [1.54, 1.807) is 18.5 Å². The topological polar surface area (TPSA) is 135 Å². The van der Waals surface area contributed by atoms with Crippen molar-refractivity contribution < 1.29 is 37.7 Å². The van der Waals surface area contributed by atoms with Gasteiger partial charge in [0.05, 0.1) is 12.1 Å². The third kappa shape index (κ3) is 9.43. The lowest BCUT2D eigenvalue weighted by molar-refractivity contribution is -0.192. The van der Waals surface area contributed by atoms with Crippen molar-refractivity contribution in [3.63, 3.8) is 0 Å². The Morgan fingerprint density at radius 2 is 1.54 bits per heavy atom. The van der Waals surface area contributed by atoms with E-state index in [0.717, 1.165) is 16.9 Å². The molecule has 0 aliphatic heterocycles. The van der Waals surface area contributed by atoms with Gasteiger partial charge in [0.2, 0.25) is 0 Å². The largest absolute Gasteiger partial charge is 0.490 e. The predicted molar refractivity (Wildman–Crippen MR) is 134 cm³/mol. The minimum Gasteiger partial charge on any atom is -0.481 e. The molecule has 2 aromatic carbocycles. The van der Waals surface area contributed by atoms with Crippen molar-refractivity contribution >= 4 is 17.8 Å². The highest BCUT2D eigenvalue weighted by Gasteiger charge is 2.38. The number of carboxylic acid groups (broad SMARTS) is 2. The van der Waals surface area contributed by atoms with Gasteiger partial charge in [0.15, 0.2) is 0 Å². The number of carboxylic acids is 2. The quantitative estimate of drug-likeness (QED) is 0.251. The van der Waals surface area contributed by atoms with Crippen molar-refractivity contribution in [2.24, 2.45) is 0 Å². The van der Waals surface area contributed by atoms with E-state index < -0.39 is 18.1 Å². The van der Waals surface area contributed by atoms with Crippen LogP contribution in [0.1, 0.15) is 29.2 Å². The molecule has 1 atom stereocenters. The van der Waals surface area contributed by atoms with Crippen molar-refractivity contribution in [2.45, 2.75) is 25.1 Å². The van der Waals surface area contributed by atoms with E-state index in [0.29, 0.717) is 18.0 Å². The molecule has 0 aliphatic carbocycles. The van der Waals surface area contributed by atoms with Crippen molar-refractivity contribution in [1.29, 1.82) is 0 Å². The van der Waals surface area contributed by atoms with E-state index in [1.807, 2.05) is 72.8 Å². The Balaban J connectivity index is 0.000000532. The maximum atomic E-state index is 11.4. The smallest absolute Gasteiger partial charge is 0.481 e. The summed E-state index contributed by atoms with van der Waals surface area (Å²) in [4.78, 5) is 33.2. The number of ether oxygens (including phenoxy) is 1. The minimum atomic E-state index is -5.08. The Bertz CT molecular complexity index is 1360. The van der Waals surface area contributed by atoms with Crippen LogP contribution in [0.2, 0.25) is 0 Å². The zero-order valence-corrected chi connectivity index (χ0v) is 20.2. The van der Waals surface area contributed by atoms with Gasteiger partial charge < -0.3 is 20.3 Å². The van der Waals surface area contributed by atoms with Gasteiger partial charge in [-0.1, -0.05) is 48.5 Å². The lowest BCUT2D eigenvalue weighted by Crippen LogP contribution is -2.21. The Morgan fingerprint density at radius 3 is 2.13 bits per heavy atom. The van der Waals surface area contributed by atoms with Gasteiger partial charge in [-0.2, -0.15) is 18.2 Å². The summed E-state index contributed by atoms with van der Waals surface area (Å²) in [7, 11) is 0. The number of aliphatic carboxylic acids is 2. The van der Waals surface area contributed by atoms with Crippen LogP contribution in [-0.4, -0.2) is 43.3 Å². The molecule has 2 heterocycles. The number of pyridine rings is 1. The summed E-state index contributed by atoms with van der Waals surface area (Å²) in [5.74, 6) is -2.63. The second-order valence-corrected chi connectivity index (χ2v) is 7.94. The van der Waals surface area contributed by atoms with E-state index in [4.69, 9.17) is 14.6 Å². The van der Waals surface area contributed by atoms with Gasteiger partial charge in [-0.15, -0.1) is 0 Å². The van der Waals surface area contributed by atoms with Crippen LogP contribution in [0.3, 0.4) is 0 Å². The fraction of sp³-hybridized carbons (Fsp3) is 0.148. The zero-order valence-electron chi connectivity index (χ0n) is 20.2. The number of rotatable bonds is 9. The fourth-order valence-electron chi connectivity index (χ4n) is 3.29. The molecule has 4 rings (SSSR count). The molecule has 202 valence electrons. The number of hydrogen-bond acceptors (Lipinski definition) is 7. The number of halogens is 3. The second kappa shape index (κ2) is 13.5. The summed E-state index contributed by atoms with van der Waals surface area (Å²) in [5.41, 5.74) is 2.55. The van der Waals surface area contributed by atoms with Crippen LogP contribution in [0, 0.1) is 0 Å².